The van der Waals surface area contributed by atoms with Crippen LogP contribution in [0, 0.1) is 0 Å². The summed E-state index contributed by atoms with van der Waals surface area (Å²) in [5.41, 5.74) is 1.08. The van der Waals surface area contributed by atoms with E-state index in [1.807, 2.05) is 30.3 Å². The summed E-state index contributed by atoms with van der Waals surface area (Å²) in [6.07, 6.45) is 1.85. The van der Waals surface area contributed by atoms with Crippen LogP contribution in [0.25, 0.3) is 6.08 Å². The fourth-order valence-electron chi connectivity index (χ4n) is 1.17. The third kappa shape index (κ3) is 2.76. The average molecular weight is 234 g/mol. The van der Waals surface area contributed by atoms with Crippen LogP contribution in [0.3, 0.4) is 0 Å². The molecular formula is C14H22OSi. The lowest BCUT2D eigenvalue weighted by Crippen LogP contribution is -2.44. The Morgan fingerprint density at radius 3 is 2.25 bits per heavy atom. The van der Waals surface area contributed by atoms with Crippen molar-refractivity contribution in [2.45, 2.75) is 38.9 Å². The summed E-state index contributed by atoms with van der Waals surface area (Å²) in [6.45, 7) is 15.1. The molecular weight excluding hydrogens is 212 g/mol. The van der Waals surface area contributed by atoms with Gasteiger partial charge in [-0.1, -0.05) is 51.6 Å². The Kier molecular flexibility index (Phi) is 3.63. The zero-order valence-electron chi connectivity index (χ0n) is 11.0. The second-order valence-corrected chi connectivity index (χ2v) is 10.3. The summed E-state index contributed by atoms with van der Waals surface area (Å²) in [4.78, 5) is 0. The van der Waals surface area contributed by atoms with Gasteiger partial charge in [0.15, 0.2) is 0 Å². The van der Waals surface area contributed by atoms with E-state index in [9.17, 15) is 0 Å². The molecule has 0 spiro atoms. The Morgan fingerprint density at radius 1 is 1.19 bits per heavy atom. The first-order valence-corrected chi connectivity index (χ1v) is 8.59. The van der Waals surface area contributed by atoms with Crippen LogP contribution in [0.2, 0.25) is 18.1 Å². The first kappa shape index (κ1) is 13.0. The van der Waals surface area contributed by atoms with Gasteiger partial charge in [-0.25, -0.2) is 0 Å². The van der Waals surface area contributed by atoms with E-state index in [4.69, 9.17) is 4.43 Å². The summed E-state index contributed by atoms with van der Waals surface area (Å²) in [7, 11) is -1.74. The molecule has 0 fully saturated rings. The molecule has 1 rings (SSSR count). The van der Waals surface area contributed by atoms with E-state index in [0.717, 1.165) is 11.3 Å². The van der Waals surface area contributed by atoms with Gasteiger partial charge in [0.2, 0.25) is 0 Å². The molecule has 2 heteroatoms. The fourth-order valence-corrected chi connectivity index (χ4v) is 2.21. The topological polar surface area (TPSA) is 9.23 Å². The minimum atomic E-state index is -1.74. The molecule has 0 aliphatic rings. The van der Waals surface area contributed by atoms with E-state index >= 15 is 0 Å². The van der Waals surface area contributed by atoms with Crippen molar-refractivity contribution in [3.63, 3.8) is 0 Å². The zero-order valence-corrected chi connectivity index (χ0v) is 12.0. The number of hydrogen-bond donors (Lipinski definition) is 0. The van der Waals surface area contributed by atoms with Crippen molar-refractivity contribution >= 4 is 14.4 Å². The van der Waals surface area contributed by atoms with Gasteiger partial charge >= 0.3 is 0 Å². The molecule has 0 bridgehead atoms. The molecule has 16 heavy (non-hydrogen) atoms. The highest BCUT2D eigenvalue weighted by Crippen LogP contribution is 2.38. The van der Waals surface area contributed by atoms with Crippen LogP contribution in [-0.4, -0.2) is 8.32 Å². The highest BCUT2D eigenvalue weighted by molar-refractivity contribution is 6.74. The first-order chi connectivity index (χ1) is 7.28. The van der Waals surface area contributed by atoms with E-state index in [0.29, 0.717) is 0 Å². The molecule has 88 valence electrons. The maximum Gasteiger partial charge on any atom is 0.250 e. The quantitative estimate of drug-likeness (QED) is 0.688. The highest BCUT2D eigenvalue weighted by atomic mass is 28.4. The Labute approximate surface area is 100 Å². The van der Waals surface area contributed by atoms with Gasteiger partial charge in [0.05, 0.1) is 0 Å². The lowest BCUT2D eigenvalue weighted by molar-refractivity contribution is 0.491. The van der Waals surface area contributed by atoms with Crippen molar-refractivity contribution in [1.82, 2.24) is 0 Å². The summed E-state index contributed by atoms with van der Waals surface area (Å²) in [5.74, 6) is 0.962. The van der Waals surface area contributed by atoms with Crippen molar-refractivity contribution in [3.8, 4) is 5.75 Å². The van der Waals surface area contributed by atoms with E-state index in [1.165, 1.54) is 0 Å². The molecule has 0 heterocycles. The van der Waals surface area contributed by atoms with Gasteiger partial charge in [-0.2, -0.15) is 0 Å². The van der Waals surface area contributed by atoms with Gasteiger partial charge in [0, 0.05) is 5.56 Å². The molecule has 1 nitrogen and oxygen atoms in total. The average Bonchev–Trinajstić information content (AvgIpc) is 2.16. The third-order valence-electron chi connectivity index (χ3n) is 3.31. The van der Waals surface area contributed by atoms with Crippen LogP contribution < -0.4 is 4.43 Å². The molecule has 0 saturated heterocycles. The van der Waals surface area contributed by atoms with Crippen LogP contribution in [0.5, 0.6) is 5.75 Å². The van der Waals surface area contributed by atoms with Gasteiger partial charge in [0.25, 0.3) is 8.32 Å². The molecule has 0 saturated carbocycles. The lowest BCUT2D eigenvalue weighted by Gasteiger charge is -2.36. The lowest BCUT2D eigenvalue weighted by atomic mass is 10.2. The predicted octanol–water partition coefficient (Wildman–Crippen LogP) is 4.71. The summed E-state index contributed by atoms with van der Waals surface area (Å²) < 4.78 is 6.26. The Morgan fingerprint density at radius 2 is 1.75 bits per heavy atom. The minimum Gasteiger partial charge on any atom is -0.543 e. The van der Waals surface area contributed by atoms with Crippen LogP contribution in [0.4, 0.5) is 0 Å². The monoisotopic (exact) mass is 234 g/mol. The van der Waals surface area contributed by atoms with Gasteiger partial charge in [0.1, 0.15) is 5.75 Å². The van der Waals surface area contributed by atoms with Crippen molar-refractivity contribution < 1.29 is 4.43 Å². The molecule has 0 aliphatic heterocycles. The Balaban J connectivity index is 3.01. The van der Waals surface area contributed by atoms with Crippen LogP contribution >= 0.6 is 0 Å². The van der Waals surface area contributed by atoms with Crippen LogP contribution in [0.1, 0.15) is 26.3 Å². The fraction of sp³-hybridized carbons (Fsp3) is 0.429. The summed E-state index contributed by atoms with van der Waals surface area (Å²) >= 11 is 0. The molecule has 1 aromatic rings. The Bertz CT molecular complexity index is 375. The van der Waals surface area contributed by atoms with Gasteiger partial charge in [-0.05, 0) is 24.2 Å². The Hall–Kier alpha value is -1.02. The molecule has 0 aliphatic carbocycles. The maximum atomic E-state index is 6.26. The predicted molar refractivity (Wildman–Crippen MR) is 74.4 cm³/mol. The zero-order chi connectivity index (χ0) is 12.4. The summed E-state index contributed by atoms with van der Waals surface area (Å²) in [5, 5.41) is 0.223. The number of rotatable bonds is 3. The third-order valence-corrected chi connectivity index (χ3v) is 7.65. The van der Waals surface area contributed by atoms with Gasteiger partial charge < -0.3 is 4.43 Å². The minimum absolute atomic E-state index is 0.223. The molecule has 0 unspecified atom stereocenters. The van der Waals surface area contributed by atoms with Crippen molar-refractivity contribution in [1.29, 1.82) is 0 Å². The second kappa shape index (κ2) is 4.46. The molecule has 0 N–H and O–H groups in total. The first-order valence-electron chi connectivity index (χ1n) is 5.68. The SMILES string of the molecule is C=Cc1ccccc1O[Si](C)(C)C(C)(C)C. The van der Waals surface area contributed by atoms with E-state index in [2.05, 4.69) is 40.4 Å². The van der Waals surface area contributed by atoms with Gasteiger partial charge in [-0.3, -0.25) is 0 Å². The highest BCUT2D eigenvalue weighted by Gasteiger charge is 2.39. The smallest absolute Gasteiger partial charge is 0.250 e. The van der Waals surface area contributed by atoms with Crippen molar-refractivity contribution in [2.75, 3.05) is 0 Å². The number of para-hydroxylation sites is 1. The summed E-state index contributed by atoms with van der Waals surface area (Å²) in [6, 6.07) is 8.08. The second-order valence-electron chi connectivity index (χ2n) is 5.60. The standard InChI is InChI=1S/C14H22OSi/c1-7-12-10-8-9-11-13(12)15-16(5,6)14(2,3)4/h7-11H,1H2,2-6H3. The molecule has 0 amide bonds. The van der Waals surface area contributed by atoms with Crippen molar-refractivity contribution in [3.05, 3.63) is 36.4 Å². The van der Waals surface area contributed by atoms with Crippen molar-refractivity contribution in [2.24, 2.45) is 0 Å². The number of hydrogen-bond acceptors (Lipinski definition) is 1. The van der Waals surface area contributed by atoms with Crippen LogP contribution in [0.15, 0.2) is 30.8 Å². The maximum absolute atomic E-state index is 6.26. The number of benzene rings is 1. The van der Waals surface area contributed by atoms with E-state index in [-0.39, 0.29) is 5.04 Å². The van der Waals surface area contributed by atoms with E-state index in [1.54, 1.807) is 0 Å². The normalized spacial score (nSPS) is 12.3. The molecule has 1 aromatic carbocycles. The molecule has 0 atom stereocenters. The molecule has 0 radical (unpaired) electrons. The largest absolute Gasteiger partial charge is 0.543 e. The van der Waals surface area contributed by atoms with E-state index < -0.39 is 8.32 Å². The van der Waals surface area contributed by atoms with Crippen LogP contribution in [-0.2, 0) is 0 Å². The molecule has 0 aromatic heterocycles. The van der Waals surface area contributed by atoms with Gasteiger partial charge in [-0.15, -0.1) is 0 Å².